The van der Waals surface area contributed by atoms with Crippen molar-refractivity contribution in [3.8, 4) is 5.75 Å². The molecular formula is C25H34N2O4S. The van der Waals surface area contributed by atoms with Gasteiger partial charge in [-0.3, -0.25) is 9.59 Å². The van der Waals surface area contributed by atoms with Gasteiger partial charge in [0.05, 0.1) is 19.7 Å². The summed E-state index contributed by atoms with van der Waals surface area (Å²) in [5, 5.41) is 2.10. The number of rotatable bonds is 10. The number of ether oxygens (including phenoxy) is 2. The molecule has 6 nitrogen and oxygen atoms in total. The molecule has 0 N–H and O–H groups in total. The molecule has 3 rings (SSSR count). The predicted octanol–water partition coefficient (Wildman–Crippen LogP) is 4.14. The molecule has 1 atom stereocenters. The second kappa shape index (κ2) is 11.5. The van der Waals surface area contributed by atoms with Crippen molar-refractivity contribution in [2.24, 2.45) is 5.92 Å². The van der Waals surface area contributed by atoms with E-state index in [9.17, 15) is 9.59 Å². The number of amides is 2. The number of methoxy groups -OCH3 is 2. The van der Waals surface area contributed by atoms with Crippen LogP contribution in [0, 0.1) is 5.92 Å². The topological polar surface area (TPSA) is 59.1 Å². The van der Waals surface area contributed by atoms with E-state index in [0.29, 0.717) is 32.5 Å². The predicted molar refractivity (Wildman–Crippen MR) is 127 cm³/mol. The summed E-state index contributed by atoms with van der Waals surface area (Å²) in [6, 6.07) is 9.89. The summed E-state index contributed by atoms with van der Waals surface area (Å²) in [5.41, 5.74) is 2.23. The van der Waals surface area contributed by atoms with Crippen molar-refractivity contribution in [2.75, 3.05) is 40.5 Å². The van der Waals surface area contributed by atoms with Gasteiger partial charge in [-0.15, -0.1) is 11.3 Å². The zero-order chi connectivity index (χ0) is 23.1. The first-order valence-corrected chi connectivity index (χ1v) is 12.1. The van der Waals surface area contributed by atoms with Crippen LogP contribution in [0.1, 0.15) is 48.7 Å². The quantitative estimate of drug-likeness (QED) is 0.502. The number of nitrogens with zero attached hydrogens (tertiary/aromatic N) is 2. The molecule has 7 heteroatoms. The van der Waals surface area contributed by atoms with Gasteiger partial charge in [-0.25, -0.2) is 0 Å². The second-order valence-corrected chi connectivity index (χ2v) is 9.57. The molecule has 0 spiro atoms. The third-order valence-corrected chi connectivity index (χ3v) is 6.75. The van der Waals surface area contributed by atoms with Crippen molar-refractivity contribution in [3.63, 3.8) is 0 Å². The first-order valence-electron chi connectivity index (χ1n) is 11.2. The minimum Gasteiger partial charge on any atom is -0.497 e. The number of hydrogen-bond acceptors (Lipinski definition) is 5. The Hall–Kier alpha value is -2.38. The van der Waals surface area contributed by atoms with Gasteiger partial charge >= 0.3 is 0 Å². The maximum atomic E-state index is 13.5. The lowest BCUT2D eigenvalue weighted by Gasteiger charge is -2.37. The van der Waals surface area contributed by atoms with Crippen molar-refractivity contribution < 1.29 is 19.1 Å². The average Bonchev–Trinajstić information content (AvgIpc) is 3.26. The molecule has 0 radical (unpaired) electrons. The lowest BCUT2D eigenvalue weighted by atomic mass is 9.93. The Kier molecular flexibility index (Phi) is 8.70. The van der Waals surface area contributed by atoms with Crippen molar-refractivity contribution in [2.45, 2.75) is 39.2 Å². The number of carbonyl (C=O) groups is 2. The van der Waals surface area contributed by atoms with Gasteiger partial charge in [0.1, 0.15) is 5.75 Å². The highest BCUT2D eigenvalue weighted by Crippen LogP contribution is 2.38. The minimum absolute atomic E-state index is 0.0165. The molecular weight excluding hydrogens is 424 g/mol. The van der Waals surface area contributed by atoms with E-state index < -0.39 is 0 Å². The van der Waals surface area contributed by atoms with Crippen LogP contribution in [0.15, 0.2) is 35.7 Å². The van der Waals surface area contributed by atoms with Crippen molar-refractivity contribution in [3.05, 3.63) is 51.7 Å². The lowest BCUT2D eigenvalue weighted by Crippen LogP contribution is -2.47. The summed E-state index contributed by atoms with van der Waals surface area (Å²) in [6.45, 7) is 5.88. The minimum atomic E-state index is -0.149. The normalized spacial score (nSPS) is 15.5. The molecule has 1 aliphatic heterocycles. The molecule has 32 heavy (non-hydrogen) atoms. The molecule has 0 aliphatic carbocycles. The summed E-state index contributed by atoms with van der Waals surface area (Å²) in [4.78, 5) is 31.4. The average molecular weight is 459 g/mol. The van der Waals surface area contributed by atoms with Crippen LogP contribution in [-0.4, -0.2) is 62.1 Å². The van der Waals surface area contributed by atoms with Crippen molar-refractivity contribution in [1.29, 1.82) is 0 Å². The van der Waals surface area contributed by atoms with Gasteiger partial charge in [0.15, 0.2) is 0 Å². The smallest absolute Gasteiger partial charge is 0.242 e. The summed E-state index contributed by atoms with van der Waals surface area (Å²) < 4.78 is 10.5. The molecule has 2 amide bonds. The van der Waals surface area contributed by atoms with Gasteiger partial charge in [-0.05, 0) is 53.5 Å². The fraction of sp³-hybridized carbons (Fsp3) is 0.520. The Morgan fingerprint density at radius 2 is 1.94 bits per heavy atom. The largest absolute Gasteiger partial charge is 0.497 e. The Morgan fingerprint density at radius 1 is 1.19 bits per heavy atom. The van der Waals surface area contributed by atoms with Crippen LogP contribution in [0.3, 0.4) is 0 Å². The zero-order valence-electron chi connectivity index (χ0n) is 19.5. The lowest BCUT2D eigenvalue weighted by molar-refractivity contribution is -0.142. The molecule has 2 aromatic rings. The highest BCUT2D eigenvalue weighted by atomic mass is 32.1. The fourth-order valence-corrected chi connectivity index (χ4v) is 5.06. The summed E-state index contributed by atoms with van der Waals surface area (Å²) >= 11 is 1.74. The maximum Gasteiger partial charge on any atom is 0.242 e. The van der Waals surface area contributed by atoms with Crippen LogP contribution in [0.4, 0.5) is 0 Å². The molecule has 1 aliphatic rings. The van der Waals surface area contributed by atoms with E-state index in [1.165, 1.54) is 10.4 Å². The summed E-state index contributed by atoms with van der Waals surface area (Å²) in [5.74, 6) is 1.05. The molecule has 0 bridgehead atoms. The van der Waals surface area contributed by atoms with Gasteiger partial charge in [-0.1, -0.05) is 26.0 Å². The Morgan fingerprint density at radius 3 is 2.59 bits per heavy atom. The molecule has 0 fully saturated rings. The molecule has 0 saturated carbocycles. The first-order chi connectivity index (χ1) is 15.4. The van der Waals surface area contributed by atoms with E-state index in [2.05, 4.69) is 11.4 Å². The van der Waals surface area contributed by atoms with Crippen molar-refractivity contribution in [1.82, 2.24) is 9.80 Å². The first kappa shape index (κ1) is 24.3. The van der Waals surface area contributed by atoms with E-state index >= 15 is 0 Å². The maximum absolute atomic E-state index is 13.5. The van der Waals surface area contributed by atoms with Gasteiger partial charge in [0.25, 0.3) is 0 Å². The summed E-state index contributed by atoms with van der Waals surface area (Å²) in [6.07, 6.45) is 2.00. The molecule has 174 valence electrons. The van der Waals surface area contributed by atoms with Crippen LogP contribution in [0.5, 0.6) is 5.75 Å². The monoisotopic (exact) mass is 458 g/mol. The SMILES string of the molecule is COCCCN(CC(=O)N1CCc2sccc2C1c1ccc(OC)cc1)C(=O)CC(C)C. The number of benzene rings is 1. The highest BCUT2D eigenvalue weighted by molar-refractivity contribution is 7.10. The second-order valence-electron chi connectivity index (χ2n) is 8.57. The molecule has 1 unspecified atom stereocenters. The van der Waals surface area contributed by atoms with Crippen LogP contribution in [0.25, 0.3) is 0 Å². The van der Waals surface area contributed by atoms with E-state index in [-0.39, 0.29) is 30.3 Å². The number of thiophene rings is 1. The van der Waals surface area contributed by atoms with Crippen LogP contribution in [0.2, 0.25) is 0 Å². The number of hydrogen-bond donors (Lipinski definition) is 0. The van der Waals surface area contributed by atoms with E-state index in [1.54, 1.807) is 30.5 Å². The van der Waals surface area contributed by atoms with Gasteiger partial charge < -0.3 is 19.3 Å². The van der Waals surface area contributed by atoms with Crippen LogP contribution < -0.4 is 4.74 Å². The summed E-state index contributed by atoms with van der Waals surface area (Å²) in [7, 11) is 3.30. The fourth-order valence-electron chi connectivity index (χ4n) is 4.15. The van der Waals surface area contributed by atoms with Crippen LogP contribution in [-0.2, 0) is 20.7 Å². The highest BCUT2D eigenvalue weighted by Gasteiger charge is 2.34. The van der Waals surface area contributed by atoms with Gasteiger partial charge in [0.2, 0.25) is 11.8 Å². The van der Waals surface area contributed by atoms with E-state index in [4.69, 9.17) is 9.47 Å². The van der Waals surface area contributed by atoms with E-state index in [1.807, 2.05) is 43.0 Å². The van der Waals surface area contributed by atoms with Gasteiger partial charge in [-0.2, -0.15) is 0 Å². The molecule has 1 aromatic carbocycles. The van der Waals surface area contributed by atoms with E-state index in [0.717, 1.165) is 17.7 Å². The number of carbonyl (C=O) groups excluding carboxylic acids is 2. The molecule has 1 aromatic heterocycles. The standard InChI is InChI=1S/C25H34N2O4S/c1-18(2)16-23(28)26(12-5-14-30-3)17-24(29)27-13-10-22-21(11-15-32-22)25(27)19-6-8-20(31-4)9-7-19/h6-9,11,15,18,25H,5,10,12-14,16-17H2,1-4H3. The molecule has 2 heterocycles. The Labute approximate surface area is 195 Å². The zero-order valence-corrected chi connectivity index (χ0v) is 20.3. The number of fused-ring (bicyclic) bond motifs is 1. The third-order valence-electron chi connectivity index (χ3n) is 5.76. The van der Waals surface area contributed by atoms with Crippen LogP contribution >= 0.6 is 11.3 Å². The Balaban J connectivity index is 1.83. The third kappa shape index (κ3) is 5.90. The van der Waals surface area contributed by atoms with Crippen molar-refractivity contribution >= 4 is 23.2 Å². The van der Waals surface area contributed by atoms with Gasteiger partial charge in [0, 0.05) is 38.1 Å². The Bertz CT molecular complexity index is 894. The molecule has 0 saturated heterocycles.